The molecule has 1 aromatic heterocycles. The Hall–Kier alpha value is -1.56. The van der Waals surface area contributed by atoms with Crippen molar-refractivity contribution in [3.8, 4) is 0 Å². The van der Waals surface area contributed by atoms with Crippen molar-refractivity contribution in [2.75, 3.05) is 0 Å². The number of nitrogens with one attached hydrogen (secondary N) is 1. The molecule has 0 radical (unpaired) electrons. The van der Waals surface area contributed by atoms with Gasteiger partial charge in [-0.05, 0) is 32.0 Å². The molecule has 0 unspecified atom stereocenters. The van der Waals surface area contributed by atoms with E-state index in [2.05, 4.69) is 9.97 Å². The van der Waals surface area contributed by atoms with Gasteiger partial charge in [0.05, 0.1) is 4.91 Å². The van der Waals surface area contributed by atoms with Crippen LogP contribution in [-0.2, 0) is 11.2 Å². The first kappa shape index (κ1) is 14.5. The van der Waals surface area contributed by atoms with E-state index in [0.717, 1.165) is 18.2 Å². The lowest BCUT2D eigenvalue weighted by molar-refractivity contribution is -0.113. The molecule has 0 amide bonds. The zero-order valence-corrected chi connectivity index (χ0v) is 11.4. The number of ketones is 1. The van der Waals surface area contributed by atoms with E-state index < -0.39 is 0 Å². The molecule has 18 heavy (non-hydrogen) atoms. The van der Waals surface area contributed by atoms with E-state index in [4.69, 9.17) is 0 Å². The summed E-state index contributed by atoms with van der Waals surface area (Å²) in [6.45, 7) is 4.78. The molecule has 1 heterocycles. The molecular formula is C12H16N2O3S. The molecule has 0 bridgehead atoms. The number of aliphatic hydroxyl groups is 1. The van der Waals surface area contributed by atoms with Crippen LogP contribution in [0.1, 0.15) is 32.9 Å². The number of aliphatic hydroxyl groups excluding tert-OH is 1. The molecule has 0 aromatic carbocycles. The number of aryl methyl sites for hydroxylation is 1. The summed E-state index contributed by atoms with van der Waals surface area (Å²) >= 11 is 0.973. The number of allylic oxidation sites excluding steroid dienone is 2. The molecule has 0 aliphatic rings. The fraction of sp³-hybridized carbons (Fsp3) is 0.417. The minimum atomic E-state index is -0.261. The molecule has 0 fully saturated rings. The molecule has 0 saturated carbocycles. The maximum Gasteiger partial charge on any atom is 0.251 e. The van der Waals surface area contributed by atoms with Gasteiger partial charge in [-0.2, -0.15) is 0 Å². The average Bonchev–Trinajstić information content (AvgIpc) is 2.24. The number of nitrogens with zero attached hydrogens (tertiary/aromatic N) is 1. The Labute approximate surface area is 109 Å². The van der Waals surface area contributed by atoms with Crippen molar-refractivity contribution in [1.29, 1.82) is 0 Å². The summed E-state index contributed by atoms with van der Waals surface area (Å²) in [6, 6.07) is 1.44. The summed E-state index contributed by atoms with van der Waals surface area (Å²) in [4.78, 5) is 29.7. The predicted molar refractivity (Wildman–Crippen MR) is 70.7 cm³/mol. The quantitative estimate of drug-likeness (QED) is 0.370. The van der Waals surface area contributed by atoms with Crippen LogP contribution in [0.15, 0.2) is 26.7 Å². The van der Waals surface area contributed by atoms with E-state index in [0.29, 0.717) is 17.3 Å². The molecule has 1 aromatic rings. The van der Waals surface area contributed by atoms with Crippen LogP contribution in [-0.4, -0.2) is 20.9 Å². The number of carbonyl (C=O) groups is 1. The Morgan fingerprint density at radius 1 is 1.50 bits per heavy atom. The van der Waals surface area contributed by atoms with Crippen molar-refractivity contribution < 1.29 is 9.90 Å². The van der Waals surface area contributed by atoms with Gasteiger partial charge in [0.15, 0.2) is 10.9 Å². The van der Waals surface area contributed by atoms with Crippen LogP contribution in [0.5, 0.6) is 0 Å². The number of aromatic amines is 1. The Balaban J connectivity index is 3.07. The molecule has 0 aliphatic carbocycles. The number of hydrogen-bond donors (Lipinski definition) is 2. The molecule has 98 valence electrons. The second kappa shape index (κ2) is 6.39. The Morgan fingerprint density at radius 2 is 2.17 bits per heavy atom. The predicted octanol–water partition coefficient (Wildman–Crippen LogP) is 2.19. The van der Waals surface area contributed by atoms with E-state index in [9.17, 15) is 14.7 Å². The minimum absolute atomic E-state index is 0.0731. The molecular weight excluding hydrogens is 252 g/mol. The molecule has 2 N–H and O–H groups in total. The highest BCUT2D eigenvalue weighted by Crippen LogP contribution is 2.25. The Kier molecular flexibility index (Phi) is 5.15. The van der Waals surface area contributed by atoms with Crippen LogP contribution in [0.3, 0.4) is 0 Å². The van der Waals surface area contributed by atoms with Gasteiger partial charge in [0, 0.05) is 11.8 Å². The molecule has 0 spiro atoms. The summed E-state index contributed by atoms with van der Waals surface area (Å²) in [5.74, 6) is -0.334. The zero-order chi connectivity index (χ0) is 13.7. The van der Waals surface area contributed by atoms with Crippen LogP contribution in [0, 0.1) is 0 Å². The zero-order valence-electron chi connectivity index (χ0n) is 10.6. The summed E-state index contributed by atoms with van der Waals surface area (Å²) in [6.07, 6.45) is 1.59. The van der Waals surface area contributed by atoms with Crippen LogP contribution in [0.4, 0.5) is 0 Å². The van der Waals surface area contributed by atoms with E-state index in [1.807, 2.05) is 6.92 Å². The highest BCUT2D eigenvalue weighted by atomic mass is 32.2. The molecule has 5 nitrogen and oxygen atoms in total. The highest BCUT2D eigenvalue weighted by molar-refractivity contribution is 8.03. The smallest absolute Gasteiger partial charge is 0.251 e. The van der Waals surface area contributed by atoms with Gasteiger partial charge >= 0.3 is 0 Å². The standard InChI is InChI=1S/C12H16N2O3S/c1-4-5-9-6-10(17)14-12(13-9)18-11(7(2)15)8(3)16/h6,15H,4-5H2,1-3H3,(H,13,14,17)/b11-7-. The summed E-state index contributed by atoms with van der Waals surface area (Å²) in [7, 11) is 0. The normalized spacial score (nSPS) is 12.2. The lowest BCUT2D eigenvalue weighted by Crippen LogP contribution is -2.10. The largest absolute Gasteiger partial charge is 0.511 e. The first-order valence-corrected chi connectivity index (χ1v) is 6.44. The Bertz CT molecular complexity index is 530. The van der Waals surface area contributed by atoms with Crippen LogP contribution in [0.2, 0.25) is 0 Å². The summed E-state index contributed by atoms with van der Waals surface area (Å²) in [5, 5.41) is 9.73. The van der Waals surface area contributed by atoms with Gasteiger partial charge in [-0.25, -0.2) is 4.98 Å². The van der Waals surface area contributed by atoms with Gasteiger partial charge < -0.3 is 10.1 Å². The van der Waals surface area contributed by atoms with Crippen molar-refractivity contribution >= 4 is 17.5 Å². The van der Waals surface area contributed by atoms with E-state index in [-0.39, 0.29) is 22.0 Å². The first-order valence-electron chi connectivity index (χ1n) is 5.63. The van der Waals surface area contributed by atoms with Crippen LogP contribution >= 0.6 is 11.8 Å². The van der Waals surface area contributed by atoms with E-state index >= 15 is 0 Å². The average molecular weight is 268 g/mol. The summed E-state index contributed by atoms with van der Waals surface area (Å²) < 4.78 is 0. The van der Waals surface area contributed by atoms with Gasteiger partial charge in [0.1, 0.15) is 5.76 Å². The second-order valence-electron chi connectivity index (χ2n) is 3.86. The van der Waals surface area contributed by atoms with Crippen molar-refractivity contribution in [3.05, 3.63) is 32.8 Å². The third-order valence-electron chi connectivity index (χ3n) is 2.13. The fourth-order valence-corrected chi connectivity index (χ4v) is 2.21. The molecule has 0 atom stereocenters. The minimum Gasteiger partial charge on any atom is -0.511 e. The monoisotopic (exact) mass is 268 g/mol. The number of hydrogen-bond acceptors (Lipinski definition) is 5. The highest BCUT2D eigenvalue weighted by Gasteiger charge is 2.12. The van der Waals surface area contributed by atoms with Crippen molar-refractivity contribution in [2.45, 2.75) is 38.8 Å². The van der Waals surface area contributed by atoms with Crippen molar-refractivity contribution in [1.82, 2.24) is 9.97 Å². The third-order valence-corrected chi connectivity index (χ3v) is 3.30. The summed E-state index contributed by atoms with van der Waals surface area (Å²) in [5.41, 5.74) is 0.427. The molecule has 0 saturated heterocycles. The maximum absolute atomic E-state index is 11.4. The van der Waals surface area contributed by atoms with Gasteiger partial charge in [-0.3, -0.25) is 9.59 Å². The number of aromatic nitrogens is 2. The Morgan fingerprint density at radius 3 is 2.67 bits per heavy atom. The van der Waals surface area contributed by atoms with E-state index in [1.165, 1.54) is 19.9 Å². The SMILES string of the molecule is CCCc1cc(=O)[nH]c(S/C(C(C)=O)=C(/C)O)n1. The molecule has 6 heteroatoms. The number of H-pyrrole nitrogens is 1. The lowest BCUT2D eigenvalue weighted by atomic mass is 10.2. The second-order valence-corrected chi connectivity index (χ2v) is 4.86. The van der Waals surface area contributed by atoms with Gasteiger partial charge in [0.25, 0.3) is 5.56 Å². The van der Waals surface area contributed by atoms with Crippen molar-refractivity contribution in [3.63, 3.8) is 0 Å². The van der Waals surface area contributed by atoms with Gasteiger partial charge in [-0.15, -0.1) is 0 Å². The number of Topliss-reactive ketones (excluding diaryl/α,β-unsaturated/α-hetero) is 1. The number of carbonyl (C=O) groups excluding carboxylic acids is 1. The van der Waals surface area contributed by atoms with Crippen LogP contribution < -0.4 is 5.56 Å². The van der Waals surface area contributed by atoms with E-state index in [1.54, 1.807) is 0 Å². The van der Waals surface area contributed by atoms with Gasteiger partial charge in [-0.1, -0.05) is 13.3 Å². The topological polar surface area (TPSA) is 83.0 Å². The van der Waals surface area contributed by atoms with Gasteiger partial charge in [0.2, 0.25) is 0 Å². The number of rotatable bonds is 5. The van der Waals surface area contributed by atoms with Crippen LogP contribution in [0.25, 0.3) is 0 Å². The number of thioether (sulfide) groups is 1. The fourth-order valence-electron chi connectivity index (χ4n) is 1.41. The third kappa shape index (κ3) is 4.03. The van der Waals surface area contributed by atoms with Crippen molar-refractivity contribution in [2.24, 2.45) is 0 Å². The molecule has 0 aliphatic heterocycles. The maximum atomic E-state index is 11.4. The molecule has 1 rings (SSSR count). The lowest BCUT2D eigenvalue weighted by Gasteiger charge is -2.05. The first-order chi connectivity index (χ1) is 8.43.